The van der Waals surface area contributed by atoms with Gasteiger partial charge in [0.25, 0.3) is 5.91 Å². The van der Waals surface area contributed by atoms with E-state index in [-0.39, 0.29) is 11.7 Å². The van der Waals surface area contributed by atoms with Crippen molar-refractivity contribution in [3.63, 3.8) is 0 Å². The maximum atomic E-state index is 12.8. The van der Waals surface area contributed by atoms with Crippen molar-refractivity contribution in [3.8, 4) is 0 Å². The van der Waals surface area contributed by atoms with E-state index in [9.17, 15) is 14.0 Å². The van der Waals surface area contributed by atoms with Gasteiger partial charge in [0.05, 0.1) is 7.11 Å². The molecule has 0 radical (unpaired) electrons. The van der Waals surface area contributed by atoms with Gasteiger partial charge in [-0.2, -0.15) is 0 Å². The minimum atomic E-state index is -0.763. The molecule has 0 saturated carbocycles. The molecule has 0 aliphatic rings. The predicted molar refractivity (Wildman–Crippen MR) is 80.2 cm³/mol. The van der Waals surface area contributed by atoms with Crippen LogP contribution in [0.4, 0.5) is 9.18 Å². The Kier molecular flexibility index (Phi) is 6.30. The lowest BCUT2D eigenvalue weighted by Gasteiger charge is -2.29. The van der Waals surface area contributed by atoms with Crippen LogP contribution in [0, 0.1) is 11.2 Å². The molecule has 0 unspecified atom stereocenters. The van der Waals surface area contributed by atoms with Gasteiger partial charge in [-0.15, -0.1) is 0 Å². The van der Waals surface area contributed by atoms with Gasteiger partial charge in [-0.25, -0.2) is 14.6 Å². The summed E-state index contributed by atoms with van der Waals surface area (Å²) in [5, 5.41) is 2.50. The Labute approximate surface area is 129 Å². The summed E-state index contributed by atoms with van der Waals surface area (Å²) in [7, 11) is 1.24. The second kappa shape index (κ2) is 7.74. The van der Waals surface area contributed by atoms with Crippen LogP contribution < -0.4 is 16.2 Å². The third-order valence-corrected chi connectivity index (χ3v) is 2.99. The van der Waals surface area contributed by atoms with Gasteiger partial charge in [0.1, 0.15) is 11.9 Å². The first-order chi connectivity index (χ1) is 10.2. The average molecular weight is 311 g/mol. The minimum Gasteiger partial charge on any atom is -0.453 e. The van der Waals surface area contributed by atoms with Crippen LogP contribution in [-0.2, 0) is 16.1 Å². The molecule has 0 aromatic heterocycles. The van der Waals surface area contributed by atoms with E-state index >= 15 is 0 Å². The van der Waals surface area contributed by atoms with Gasteiger partial charge < -0.3 is 10.1 Å². The van der Waals surface area contributed by atoms with Gasteiger partial charge in [0, 0.05) is 6.54 Å². The Morgan fingerprint density at radius 3 is 2.32 bits per heavy atom. The maximum Gasteiger partial charge on any atom is 0.407 e. The molecule has 0 aliphatic heterocycles. The number of carbonyl (C=O) groups excluding carboxylic acids is 2. The molecule has 1 rings (SSSR count). The van der Waals surface area contributed by atoms with Crippen molar-refractivity contribution >= 4 is 12.0 Å². The Morgan fingerprint density at radius 2 is 1.82 bits per heavy atom. The highest BCUT2D eigenvalue weighted by molar-refractivity contribution is 5.86. The Balaban J connectivity index is 2.56. The van der Waals surface area contributed by atoms with Crippen LogP contribution in [0.25, 0.3) is 0 Å². The van der Waals surface area contributed by atoms with Crippen LogP contribution in [-0.4, -0.2) is 25.2 Å². The van der Waals surface area contributed by atoms with E-state index in [4.69, 9.17) is 0 Å². The van der Waals surface area contributed by atoms with Crippen molar-refractivity contribution < 1.29 is 18.7 Å². The number of hydrazine groups is 1. The number of amides is 2. The summed E-state index contributed by atoms with van der Waals surface area (Å²) < 4.78 is 17.3. The lowest BCUT2D eigenvalue weighted by molar-refractivity contribution is -0.126. The molecule has 0 aliphatic carbocycles. The summed E-state index contributed by atoms with van der Waals surface area (Å²) >= 11 is 0. The number of methoxy groups -OCH3 is 1. The first-order valence-electron chi connectivity index (χ1n) is 6.85. The third kappa shape index (κ3) is 5.69. The highest BCUT2D eigenvalue weighted by atomic mass is 19.1. The average Bonchev–Trinajstić information content (AvgIpc) is 2.45. The minimum absolute atomic E-state index is 0.317. The standard InChI is InChI=1S/C15H22FN3O3/c1-15(2,3)12(18-14(21)22-4)13(20)19-17-9-10-5-7-11(16)8-6-10/h5-8,12,17H,9H2,1-4H3,(H,18,21)(H,19,20)/t12-/m1/s1. The van der Waals surface area contributed by atoms with Gasteiger partial charge in [-0.05, 0) is 23.1 Å². The van der Waals surface area contributed by atoms with Crippen LogP contribution in [0.2, 0.25) is 0 Å². The first kappa shape index (κ1) is 17.9. The largest absolute Gasteiger partial charge is 0.453 e. The number of hydrogen-bond acceptors (Lipinski definition) is 4. The molecule has 7 heteroatoms. The zero-order valence-electron chi connectivity index (χ0n) is 13.2. The van der Waals surface area contributed by atoms with E-state index in [2.05, 4.69) is 20.9 Å². The molecule has 0 spiro atoms. The molecule has 0 heterocycles. The summed E-state index contributed by atoms with van der Waals surface area (Å²) in [4.78, 5) is 23.5. The van der Waals surface area contributed by atoms with E-state index in [1.165, 1.54) is 19.2 Å². The number of carbonyl (C=O) groups is 2. The zero-order valence-corrected chi connectivity index (χ0v) is 13.2. The smallest absolute Gasteiger partial charge is 0.407 e. The Morgan fingerprint density at radius 1 is 1.23 bits per heavy atom. The summed E-state index contributed by atoms with van der Waals surface area (Å²) in [6.07, 6.45) is -0.673. The highest BCUT2D eigenvalue weighted by Gasteiger charge is 2.33. The van der Waals surface area contributed by atoms with Gasteiger partial charge in [0.2, 0.25) is 0 Å². The molecule has 6 nitrogen and oxygen atoms in total. The number of rotatable bonds is 5. The van der Waals surface area contributed by atoms with E-state index in [0.717, 1.165) is 5.56 Å². The molecule has 3 N–H and O–H groups in total. The highest BCUT2D eigenvalue weighted by Crippen LogP contribution is 2.19. The molecule has 22 heavy (non-hydrogen) atoms. The van der Waals surface area contributed by atoms with Crippen molar-refractivity contribution in [2.24, 2.45) is 5.41 Å². The topological polar surface area (TPSA) is 79.5 Å². The number of ether oxygens (including phenoxy) is 1. The quantitative estimate of drug-likeness (QED) is 0.723. The van der Waals surface area contributed by atoms with Crippen molar-refractivity contribution in [2.75, 3.05) is 7.11 Å². The molecule has 122 valence electrons. The fourth-order valence-electron chi connectivity index (χ4n) is 1.76. The Bertz CT molecular complexity index is 512. The number of halogens is 1. The van der Waals surface area contributed by atoms with Crippen molar-refractivity contribution in [1.82, 2.24) is 16.2 Å². The molecule has 0 fully saturated rings. The number of benzene rings is 1. The maximum absolute atomic E-state index is 12.8. The normalized spacial score (nSPS) is 12.4. The lowest BCUT2D eigenvalue weighted by atomic mass is 9.86. The summed E-state index contributed by atoms with van der Waals surface area (Å²) in [5.74, 6) is -0.706. The second-order valence-corrected chi connectivity index (χ2v) is 5.90. The molecule has 2 amide bonds. The van der Waals surface area contributed by atoms with Crippen molar-refractivity contribution in [2.45, 2.75) is 33.4 Å². The second-order valence-electron chi connectivity index (χ2n) is 5.90. The van der Waals surface area contributed by atoms with Crippen LogP contribution >= 0.6 is 0 Å². The van der Waals surface area contributed by atoms with E-state index in [1.54, 1.807) is 12.1 Å². The van der Waals surface area contributed by atoms with Crippen LogP contribution in [0.5, 0.6) is 0 Å². The number of nitrogens with one attached hydrogen (secondary N) is 3. The van der Waals surface area contributed by atoms with Crippen molar-refractivity contribution in [1.29, 1.82) is 0 Å². The fraction of sp³-hybridized carbons (Fsp3) is 0.467. The zero-order chi connectivity index (χ0) is 16.8. The molecule has 1 aromatic carbocycles. The number of hydrogen-bond donors (Lipinski definition) is 3. The lowest BCUT2D eigenvalue weighted by Crippen LogP contribution is -2.56. The van der Waals surface area contributed by atoms with E-state index in [1.807, 2.05) is 20.8 Å². The molecule has 1 aromatic rings. The third-order valence-electron chi connectivity index (χ3n) is 2.99. The number of alkyl carbamates (subject to hydrolysis) is 1. The molecule has 0 bridgehead atoms. The van der Waals surface area contributed by atoms with Gasteiger partial charge in [0.15, 0.2) is 0 Å². The molecular weight excluding hydrogens is 289 g/mol. The summed E-state index contributed by atoms with van der Waals surface area (Å²) in [6, 6.07) is 5.15. The van der Waals surface area contributed by atoms with Gasteiger partial charge in [-0.3, -0.25) is 10.2 Å². The van der Waals surface area contributed by atoms with Gasteiger partial charge in [-0.1, -0.05) is 32.9 Å². The Hall–Kier alpha value is -2.15. The SMILES string of the molecule is COC(=O)N[C@H](C(=O)NNCc1ccc(F)cc1)C(C)(C)C. The summed E-state index contributed by atoms with van der Waals surface area (Å²) in [5.41, 5.74) is 5.60. The predicted octanol–water partition coefficient (Wildman–Crippen LogP) is 1.72. The first-order valence-corrected chi connectivity index (χ1v) is 6.85. The van der Waals surface area contributed by atoms with Crippen LogP contribution in [0.3, 0.4) is 0 Å². The fourth-order valence-corrected chi connectivity index (χ4v) is 1.76. The van der Waals surface area contributed by atoms with E-state index in [0.29, 0.717) is 6.54 Å². The molecular formula is C15H22FN3O3. The molecule has 1 atom stereocenters. The van der Waals surface area contributed by atoms with Crippen LogP contribution in [0.1, 0.15) is 26.3 Å². The summed E-state index contributed by atoms with van der Waals surface area (Å²) in [6.45, 7) is 5.81. The van der Waals surface area contributed by atoms with E-state index < -0.39 is 17.6 Å². The monoisotopic (exact) mass is 311 g/mol. The molecule has 0 saturated heterocycles. The van der Waals surface area contributed by atoms with Gasteiger partial charge >= 0.3 is 6.09 Å². The van der Waals surface area contributed by atoms with Crippen molar-refractivity contribution in [3.05, 3.63) is 35.6 Å². The van der Waals surface area contributed by atoms with Crippen LogP contribution in [0.15, 0.2) is 24.3 Å².